The smallest absolute Gasteiger partial charge is 0.321 e. The average Bonchev–Trinajstić information content (AvgIpc) is 3.04. The second kappa shape index (κ2) is 14.4. The Morgan fingerprint density at radius 3 is 2.45 bits per heavy atom. The second-order valence-corrected chi connectivity index (χ2v) is 11.6. The van der Waals surface area contributed by atoms with Gasteiger partial charge in [0.2, 0.25) is 11.8 Å². The van der Waals surface area contributed by atoms with Crippen molar-refractivity contribution in [3.8, 4) is 11.5 Å². The van der Waals surface area contributed by atoms with Gasteiger partial charge in [0.15, 0.2) is 0 Å². The first-order chi connectivity index (χ1) is 20.2. The normalized spacial score (nSPS) is 20.2. The number of nitrogens with one attached hydrogen (secondary N) is 2. The molecule has 1 fully saturated rings. The molecule has 1 heterocycles. The summed E-state index contributed by atoms with van der Waals surface area (Å²) >= 11 is 0. The van der Waals surface area contributed by atoms with E-state index < -0.39 is 6.10 Å². The summed E-state index contributed by atoms with van der Waals surface area (Å²) in [5.74, 6) is 0.967. The number of urea groups is 1. The highest BCUT2D eigenvalue weighted by molar-refractivity contribution is 5.93. The maximum absolute atomic E-state index is 13.5. The van der Waals surface area contributed by atoms with Gasteiger partial charge in [0, 0.05) is 42.4 Å². The molecule has 10 heteroatoms. The van der Waals surface area contributed by atoms with E-state index in [9.17, 15) is 19.5 Å². The number of benzene rings is 2. The van der Waals surface area contributed by atoms with Crippen LogP contribution >= 0.6 is 0 Å². The number of ether oxygens (including phenoxy) is 2. The zero-order valence-corrected chi connectivity index (χ0v) is 25.1. The average molecular weight is 581 g/mol. The number of hydrogen-bond donors (Lipinski definition) is 3. The molecule has 2 aromatic rings. The second-order valence-electron chi connectivity index (χ2n) is 11.6. The van der Waals surface area contributed by atoms with Crippen LogP contribution in [0.2, 0.25) is 0 Å². The van der Waals surface area contributed by atoms with Crippen molar-refractivity contribution in [1.82, 2.24) is 9.80 Å². The van der Waals surface area contributed by atoms with Gasteiger partial charge in [0.05, 0.1) is 32.7 Å². The fraction of sp³-hybridized carbons (Fsp3) is 0.531. The third kappa shape index (κ3) is 7.94. The molecule has 228 valence electrons. The van der Waals surface area contributed by atoms with Gasteiger partial charge in [-0.05, 0) is 62.2 Å². The number of anilines is 2. The number of nitrogens with zero attached hydrogens (tertiary/aromatic N) is 2. The van der Waals surface area contributed by atoms with Crippen LogP contribution in [0.4, 0.5) is 16.2 Å². The highest BCUT2D eigenvalue weighted by Crippen LogP contribution is 2.31. The SMILES string of the molecule is COc1ccc(NC(=O)N(C)C[C@@H]2Oc3ccc(NC(=O)C4CCCCC4)cc3CC(=O)N([C@H](C)CO)C[C@@H]2C)cc1. The lowest BCUT2D eigenvalue weighted by atomic mass is 9.88. The molecule has 3 N–H and O–H groups in total. The highest BCUT2D eigenvalue weighted by atomic mass is 16.5. The third-order valence-corrected chi connectivity index (χ3v) is 8.30. The minimum Gasteiger partial charge on any atom is -0.497 e. The van der Waals surface area contributed by atoms with E-state index in [4.69, 9.17) is 9.47 Å². The Kier molecular flexibility index (Phi) is 10.7. The highest BCUT2D eigenvalue weighted by Gasteiger charge is 2.32. The summed E-state index contributed by atoms with van der Waals surface area (Å²) in [6.45, 7) is 4.25. The van der Waals surface area contributed by atoms with Crippen LogP contribution in [0.1, 0.15) is 51.5 Å². The number of aliphatic hydroxyl groups excluding tert-OH is 1. The van der Waals surface area contributed by atoms with Crippen molar-refractivity contribution in [2.24, 2.45) is 11.8 Å². The molecule has 10 nitrogen and oxygen atoms in total. The Hall–Kier alpha value is -3.79. The van der Waals surface area contributed by atoms with E-state index >= 15 is 0 Å². The number of likely N-dealkylation sites (N-methyl/N-ethyl adjacent to an activating group) is 1. The van der Waals surface area contributed by atoms with Gasteiger partial charge in [0.25, 0.3) is 0 Å². The van der Waals surface area contributed by atoms with Gasteiger partial charge >= 0.3 is 6.03 Å². The van der Waals surface area contributed by atoms with Crippen LogP contribution in [0.25, 0.3) is 0 Å². The summed E-state index contributed by atoms with van der Waals surface area (Å²) in [5, 5.41) is 15.8. The van der Waals surface area contributed by atoms with Crippen molar-refractivity contribution in [3.63, 3.8) is 0 Å². The molecule has 0 spiro atoms. The summed E-state index contributed by atoms with van der Waals surface area (Å²) in [4.78, 5) is 42.7. The zero-order chi connectivity index (χ0) is 30.2. The van der Waals surface area contributed by atoms with Gasteiger partial charge in [-0.15, -0.1) is 0 Å². The van der Waals surface area contributed by atoms with E-state index in [1.54, 1.807) is 60.4 Å². The number of fused-ring (bicyclic) bond motifs is 1. The minimum atomic E-state index is -0.447. The number of hydrogen-bond acceptors (Lipinski definition) is 6. The molecule has 2 aliphatic rings. The van der Waals surface area contributed by atoms with Gasteiger partial charge in [-0.25, -0.2) is 4.79 Å². The van der Waals surface area contributed by atoms with Gasteiger partial charge in [-0.1, -0.05) is 26.2 Å². The number of carbonyl (C=O) groups excluding carboxylic acids is 3. The predicted molar refractivity (Wildman–Crippen MR) is 162 cm³/mol. The maximum atomic E-state index is 13.5. The van der Waals surface area contributed by atoms with Crippen molar-refractivity contribution < 1.29 is 29.0 Å². The molecule has 0 saturated heterocycles. The fourth-order valence-electron chi connectivity index (χ4n) is 5.58. The van der Waals surface area contributed by atoms with E-state index in [-0.39, 0.29) is 55.3 Å². The molecular weight excluding hydrogens is 536 g/mol. The fourth-order valence-corrected chi connectivity index (χ4v) is 5.58. The lowest BCUT2D eigenvalue weighted by Gasteiger charge is -2.34. The van der Waals surface area contributed by atoms with E-state index in [0.29, 0.717) is 35.0 Å². The number of carbonyl (C=O) groups is 3. The monoisotopic (exact) mass is 580 g/mol. The molecule has 1 aliphatic heterocycles. The summed E-state index contributed by atoms with van der Waals surface area (Å²) in [7, 11) is 3.29. The molecule has 4 amide bonds. The van der Waals surface area contributed by atoms with Gasteiger partial charge in [-0.2, -0.15) is 0 Å². The molecule has 1 aliphatic carbocycles. The number of methoxy groups -OCH3 is 1. The van der Waals surface area contributed by atoms with Crippen LogP contribution in [-0.2, 0) is 16.0 Å². The van der Waals surface area contributed by atoms with E-state index in [0.717, 1.165) is 25.7 Å². The zero-order valence-electron chi connectivity index (χ0n) is 25.1. The maximum Gasteiger partial charge on any atom is 0.321 e. The molecule has 1 saturated carbocycles. The van der Waals surface area contributed by atoms with Crippen LogP contribution in [0.5, 0.6) is 11.5 Å². The Bertz CT molecular complexity index is 1230. The largest absolute Gasteiger partial charge is 0.497 e. The first-order valence-electron chi connectivity index (χ1n) is 14.9. The quantitative estimate of drug-likeness (QED) is 0.422. The number of aliphatic hydroxyl groups is 1. The Balaban J connectivity index is 1.54. The molecule has 4 rings (SSSR count). The van der Waals surface area contributed by atoms with Gasteiger partial charge in [0.1, 0.15) is 17.6 Å². The van der Waals surface area contributed by atoms with Crippen LogP contribution in [0, 0.1) is 11.8 Å². The molecule has 2 aromatic carbocycles. The van der Waals surface area contributed by atoms with Crippen molar-refractivity contribution in [1.29, 1.82) is 0 Å². The van der Waals surface area contributed by atoms with Crippen LogP contribution < -0.4 is 20.1 Å². The van der Waals surface area contributed by atoms with Crippen molar-refractivity contribution >= 4 is 29.2 Å². The Morgan fingerprint density at radius 1 is 1.10 bits per heavy atom. The van der Waals surface area contributed by atoms with Gasteiger partial charge in [-0.3, -0.25) is 9.59 Å². The number of amides is 4. The first-order valence-corrected chi connectivity index (χ1v) is 14.9. The predicted octanol–water partition coefficient (Wildman–Crippen LogP) is 4.53. The summed E-state index contributed by atoms with van der Waals surface area (Å²) in [6.07, 6.45) is 4.71. The molecule has 0 aromatic heterocycles. The van der Waals surface area contributed by atoms with E-state index in [1.165, 1.54) is 6.42 Å². The summed E-state index contributed by atoms with van der Waals surface area (Å²) in [6, 6.07) is 11.8. The molecule has 0 radical (unpaired) electrons. The lowest BCUT2D eigenvalue weighted by molar-refractivity contribution is -0.134. The molecule has 0 bridgehead atoms. The van der Waals surface area contributed by atoms with Crippen molar-refractivity contribution in [2.45, 2.75) is 64.5 Å². The molecule has 42 heavy (non-hydrogen) atoms. The minimum absolute atomic E-state index is 0.00701. The standard InChI is InChI=1S/C32H44N4O6/c1-21-18-36(22(2)20-37)30(38)17-24-16-26(33-31(39)23-8-6-5-7-9-23)12-15-28(24)42-29(21)19-35(3)32(40)34-25-10-13-27(41-4)14-11-25/h10-16,21-23,29,37H,5-9,17-20H2,1-4H3,(H,33,39)(H,34,40)/t21-,22+,29-/m0/s1. The first kappa shape index (κ1) is 31.2. The lowest BCUT2D eigenvalue weighted by Crippen LogP contribution is -2.48. The number of rotatable bonds is 8. The molecule has 3 atom stereocenters. The van der Waals surface area contributed by atoms with Crippen LogP contribution in [-0.4, -0.2) is 78.8 Å². The van der Waals surface area contributed by atoms with E-state index in [2.05, 4.69) is 10.6 Å². The van der Waals surface area contributed by atoms with Crippen molar-refractivity contribution in [3.05, 3.63) is 48.0 Å². The summed E-state index contributed by atoms with van der Waals surface area (Å²) < 4.78 is 11.7. The third-order valence-electron chi connectivity index (χ3n) is 8.30. The van der Waals surface area contributed by atoms with Gasteiger partial charge < -0.3 is 35.0 Å². The molecular formula is C32H44N4O6. The summed E-state index contributed by atoms with van der Waals surface area (Å²) in [5.41, 5.74) is 1.92. The van der Waals surface area contributed by atoms with Crippen LogP contribution in [0.3, 0.4) is 0 Å². The van der Waals surface area contributed by atoms with Crippen LogP contribution in [0.15, 0.2) is 42.5 Å². The van der Waals surface area contributed by atoms with Crippen molar-refractivity contribution in [2.75, 3.05) is 44.5 Å². The topological polar surface area (TPSA) is 120 Å². The Morgan fingerprint density at radius 2 is 1.79 bits per heavy atom. The molecule has 0 unspecified atom stereocenters. The van der Waals surface area contributed by atoms with E-state index in [1.807, 2.05) is 19.9 Å². The Labute approximate surface area is 248 Å².